The van der Waals surface area contributed by atoms with Gasteiger partial charge < -0.3 is 5.11 Å². The third kappa shape index (κ3) is 3.53. The van der Waals surface area contributed by atoms with Gasteiger partial charge in [0.2, 0.25) is 0 Å². The third-order valence-electron chi connectivity index (χ3n) is 3.63. The minimum atomic E-state index is -0.252. The molecule has 0 bridgehead atoms. The molecule has 0 radical (unpaired) electrons. The molecule has 0 aliphatic heterocycles. The Morgan fingerprint density at radius 2 is 2.24 bits per heavy atom. The van der Waals surface area contributed by atoms with E-state index in [-0.39, 0.29) is 6.10 Å². The summed E-state index contributed by atoms with van der Waals surface area (Å²) in [6, 6.07) is 0. The molecule has 1 N–H and O–H groups in total. The van der Waals surface area contributed by atoms with Crippen molar-refractivity contribution in [2.45, 2.75) is 64.5 Å². The van der Waals surface area contributed by atoms with Crippen molar-refractivity contribution in [1.29, 1.82) is 0 Å². The second kappa shape index (κ2) is 6.15. The number of aryl methyl sites for hydroxylation is 1. The minimum absolute atomic E-state index is 0.252. The average Bonchev–Trinajstić information content (AvgIpc) is 2.92. The summed E-state index contributed by atoms with van der Waals surface area (Å²) in [4.78, 5) is 4.24. The van der Waals surface area contributed by atoms with Crippen LogP contribution in [0.15, 0.2) is 6.33 Å². The van der Waals surface area contributed by atoms with Crippen LogP contribution < -0.4 is 0 Å². The fourth-order valence-corrected chi connectivity index (χ4v) is 2.77. The van der Waals surface area contributed by atoms with E-state index in [2.05, 4.69) is 17.0 Å². The van der Waals surface area contributed by atoms with Crippen molar-refractivity contribution < 1.29 is 5.11 Å². The summed E-state index contributed by atoms with van der Waals surface area (Å²) in [5.74, 6) is 1.66. The monoisotopic (exact) mass is 237 g/mol. The fraction of sp³-hybridized carbons (Fsp3) is 0.846. The molecule has 1 aliphatic rings. The lowest BCUT2D eigenvalue weighted by Gasteiger charge is -2.15. The molecule has 1 saturated carbocycles. The van der Waals surface area contributed by atoms with Gasteiger partial charge in [0, 0.05) is 13.0 Å². The van der Waals surface area contributed by atoms with Gasteiger partial charge in [-0.05, 0) is 18.8 Å². The molecular formula is C13H23N3O. The molecular weight excluding hydrogens is 214 g/mol. The van der Waals surface area contributed by atoms with Gasteiger partial charge in [0.25, 0.3) is 0 Å². The molecule has 0 amide bonds. The lowest BCUT2D eigenvalue weighted by molar-refractivity contribution is 0.139. The van der Waals surface area contributed by atoms with Crippen molar-refractivity contribution in [2.24, 2.45) is 5.92 Å². The zero-order valence-corrected chi connectivity index (χ0v) is 10.7. The molecule has 1 aromatic heterocycles. The standard InChI is InChI=1S/C13H23N3O/c1-2-7-16-13(14-10-15-16)9-12(17)8-11-5-3-4-6-11/h10-12,17H,2-9H2,1H3. The lowest BCUT2D eigenvalue weighted by Crippen LogP contribution is -2.18. The van der Waals surface area contributed by atoms with Gasteiger partial charge in [-0.3, -0.25) is 4.68 Å². The fourth-order valence-electron chi connectivity index (χ4n) is 2.77. The molecule has 0 aromatic carbocycles. The summed E-state index contributed by atoms with van der Waals surface area (Å²) < 4.78 is 1.91. The predicted octanol–water partition coefficient (Wildman–Crippen LogP) is 2.17. The number of hydrogen-bond donors (Lipinski definition) is 1. The Morgan fingerprint density at radius 1 is 1.47 bits per heavy atom. The highest BCUT2D eigenvalue weighted by Crippen LogP contribution is 2.29. The molecule has 0 spiro atoms. The molecule has 1 aromatic rings. The molecule has 1 unspecified atom stereocenters. The van der Waals surface area contributed by atoms with E-state index >= 15 is 0 Å². The van der Waals surface area contributed by atoms with E-state index in [1.807, 2.05) is 4.68 Å². The van der Waals surface area contributed by atoms with Gasteiger partial charge >= 0.3 is 0 Å². The Hall–Kier alpha value is -0.900. The van der Waals surface area contributed by atoms with Crippen LogP contribution in [0.4, 0.5) is 0 Å². The Morgan fingerprint density at radius 3 is 2.94 bits per heavy atom. The Kier molecular flexibility index (Phi) is 4.54. The van der Waals surface area contributed by atoms with Crippen molar-refractivity contribution in [3.05, 3.63) is 12.2 Å². The van der Waals surface area contributed by atoms with Gasteiger partial charge in [0.15, 0.2) is 0 Å². The maximum atomic E-state index is 10.1. The summed E-state index contributed by atoms with van der Waals surface area (Å²) in [7, 11) is 0. The first-order valence-corrected chi connectivity index (χ1v) is 6.84. The van der Waals surface area contributed by atoms with Crippen molar-refractivity contribution in [3.8, 4) is 0 Å². The highest BCUT2D eigenvalue weighted by atomic mass is 16.3. The maximum Gasteiger partial charge on any atom is 0.138 e. The van der Waals surface area contributed by atoms with Crippen LogP contribution in [0.2, 0.25) is 0 Å². The average molecular weight is 237 g/mol. The van der Waals surface area contributed by atoms with Crippen LogP contribution in [-0.2, 0) is 13.0 Å². The lowest BCUT2D eigenvalue weighted by atomic mass is 9.98. The van der Waals surface area contributed by atoms with Gasteiger partial charge in [-0.1, -0.05) is 32.6 Å². The zero-order valence-electron chi connectivity index (χ0n) is 10.7. The Labute approximate surface area is 103 Å². The molecule has 17 heavy (non-hydrogen) atoms. The van der Waals surface area contributed by atoms with E-state index in [0.717, 1.165) is 31.1 Å². The van der Waals surface area contributed by atoms with E-state index < -0.39 is 0 Å². The van der Waals surface area contributed by atoms with Crippen LogP contribution in [-0.4, -0.2) is 26.0 Å². The molecule has 1 atom stereocenters. The second-order valence-corrected chi connectivity index (χ2v) is 5.14. The van der Waals surface area contributed by atoms with Gasteiger partial charge in [-0.25, -0.2) is 4.98 Å². The van der Waals surface area contributed by atoms with Crippen molar-refractivity contribution >= 4 is 0 Å². The van der Waals surface area contributed by atoms with E-state index in [1.54, 1.807) is 6.33 Å². The number of aromatic nitrogens is 3. The summed E-state index contributed by atoms with van der Waals surface area (Å²) in [6.07, 6.45) is 9.22. The smallest absolute Gasteiger partial charge is 0.138 e. The Balaban J connectivity index is 1.83. The normalized spacial score (nSPS) is 18.7. The summed E-state index contributed by atoms with van der Waals surface area (Å²) in [5, 5.41) is 14.3. The van der Waals surface area contributed by atoms with Gasteiger partial charge in [-0.15, -0.1) is 0 Å². The molecule has 0 saturated heterocycles. The highest BCUT2D eigenvalue weighted by molar-refractivity contribution is 4.88. The number of rotatable bonds is 6. The third-order valence-corrected chi connectivity index (χ3v) is 3.63. The van der Waals surface area contributed by atoms with E-state index in [4.69, 9.17) is 0 Å². The van der Waals surface area contributed by atoms with E-state index in [0.29, 0.717) is 6.42 Å². The SMILES string of the molecule is CCCn1ncnc1CC(O)CC1CCCC1. The molecule has 1 aliphatic carbocycles. The first-order valence-electron chi connectivity index (χ1n) is 6.84. The number of aliphatic hydroxyl groups is 1. The van der Waals surface area contributed by atoms with Crippen LogP contribution in [0.1, 0.15) is 51.3 Å². The molecule has 1 fully saturated rings. The minimum Gasteiger partial charge on any atom is -0.393 e. The molecule has 1 heterocycles. The zero-order chi connectivity index (χ0) is 12.1. The largest absolute Gasteiger partial charge is 0.393 e. The Bertz CT molecular complexity index is 331. The molecule has 96 valence electrons. The first kappa shape index (κ1) is 12.6. The first-order chi connectivity index (χ1) is 8.29. The van der Waals surface area contributed by atoms with Crippen molar-refractivity contribution in [1.82, 2.24) is 14.8 Å². The quantitative estimate of drug-likeness (QED) is 0.825. The number of hydrogen-bond acceptors (Lipinski definition) is 3. The molecule has 4 heteroatoms. The highest BCUT2D eigenvalue weighted by Gasteiger charge is 2.20. The van der Waals surface area contributed by atoms with Crippen molar-refractivity contribution in [2.75, 3.05) is 0 Å². The molecule has 2 rings (SSSR count). The summed E-state index contributed by atoms with van der Waals surface area (Å²) in [5.41, 5.74) is 0. The number of aliphatic hydroxyl groups excluding tert-OH is 1. The van der Waals surface area contributed by atoms with Gasteiger partial charge in [0.05, 0.1) is 6.10 Å². The van der Waals surface area contributed by atoms with Crippen LogP contribution in [0.3, 0.4) is 0 Å². The maximum absolute atomic E-state index is 10.1. The van der Waals surface area contributed by atoms with Gasteiger partial charge in [-0.2, -0.15) is 5.10 Å². The van der Waals surface area contributed by atoms with Crippen molar-refractivity contribution in [3.63, 3.8) is 0 Å². The van der Waals surface area contributed by atoms with Crippen LogP contribution >= 0.6 is 0 Å². The topological polar surface area (TPSA) is 50.9 Å². The number of nitrogens with zero attached hydrogens (tertiary/aromatic N) is 3. The van der Waals surface area contributed by atoms with E-state index in [9.17, 15) is 5.11 Å². The van der Waals surface area contributed by atoms with E-state index in [1.165, 1.54) is 25.7 Å². The predicted molar refractivity (Wildman–Crippen MR) is 66.6 cm³/mol. The van der Waals surface area contributed by atoms with Crippen LogP contribution in [0, 0.1) is 5.92 Å². The van der Waals surface area contributed by atoms with Gasteiger partial charge in [0.1, 0.15) is 12.2 Å². The van der Waals surface area contributed by atoms with Crippen LogP contribution in [0.25, 0.3) is 0 Å². The summed E-state index contributed by atoms with van der Waals surface area (Å²) >= 11 is 0. The summed E-state index contributed by atoms with van der Waals surface area (Å²) in [6.45, 7) is 3.02. The van der Waals surface area contributed by atoms with Crippen LogP contribution in [0.5, 0.6) is 0 Å². The second-order valence-electron chi connectivity index (χ2n) is 5.14. The molecule has 4 nitrogen and oxygen atoms in total.